The first-order valence-electron chi connectivity index (χ1n) is 4.49. The highest BCUT2D eigenvalue weighted by Gasteiger charge is 1.92. The van der Waals surface area contributed by atoms with Crippen LogP contribution in [0.5, 0.6) is 0 Å². The van der Waals surface area contributed by atoms with Crippen molar-refractivity contribution in [2.24, 2.45) is 0 Å². The summed E-state index contributed by atoms with van der Waals surface area (Å²) in [6.07, 6.45) is 0.472. The lowest BCUT2D eigenvalue weighted by molar-refractivity contribution is 0.171. The zero-order valence-electron chi connectivity index (χ0n) is 10.1. The Bertz CT molecular complexity index is 203. The molecule has 0 aliphatic heterocycles. The molecule has 0 aromatic carbocycles. The second kappa shape index (κ2) is 16.0. The maximum Gasteiger partial charge on any atom is 0.319 e. The fourth-order valence-electron chi connectivity index (χ4n) is 0. The van der Waals surface area contributed by atoms with Gasteiger partial charge in [0.25, 0.3) is 0 Å². The Hall–Kier alpha value is 0.920. The van der Waals surface area contributed by atoms with Gasteiger partial charge >= 0.3 is 13.4 Å². The van der Waals surface area contributed by atoms with Crippen LogP contribution in [0.25, 0.3) is 0 Å². The summed E-state index contributed by atoms with van der Waals surface area (Å²) in [4.78, 5) is 45.3. The SMILES string of the molecule is CC(F)F.CCCC.OP(O)(O)=S.OP(O)(O)=S. The fourth-order valence-corrected chi connectivity index (χ4v) is 0. The summed E-state index contributed by atoms with van der Waals surface area (Å²) >= 11 is 7.21. The lowest BCUT2D eigenvalue weighted by atomic mass is 10.4. The van der Waals surface area contributed by atoms with Crippen LogP contribution in [0, 0.1) is 0 Å². The van der Waals surface area contributed by atoms with Crippen molar-refractivity contribution in [2.75, 3.05) is 0 Å². The third-order valence-electron chi connectivity index (χ3n) is 0.500. The Balaban J connectivity index is -0.0000000731. The molecule has 116 valence electrons. The molecular formula is C6H20F2O6P2S2. The molecule has 0 rings (SSSR count). The van der Waals surface area contributed by atoms with Crippen molar-refractivity contribution < 1.29 is 38.1 Å². The van der Waals surface area contributed by atoms with E-state index < -0.39 is 19.9 Å². The molecule has 18 heavy (non-hydrogen) atoms. The molecule has 0 saturated heterocycles. The van der Waals surface area contributed by atoms with Crippen molar-refractivity contribution in [1.82, 2.24) is 0 Å². The van der Waals surface area contributed by atoms with E-state index >= 15 is 0 Å². The number of hydrogen-bond acceptors (Lipinski definition) is 2. The molecule has 0 aromatic heterocycles. The van der Waals surface area contributed by atoms with Gasteiger partial charge < -0.3 is 29.4 Å². The van der Waals surface area contributed by atoms with Crippen LogP contribution in [-0.4, -0.2) is 35.8 Å². The lowest BCUT2D eigenvalue weighted by Crippen LogP contribution is -1.69. The van der Waals surface area contributed by atoms with Crippen molar-refractivity contribution in [3.63, 3.8) is 0 Å². The molecule has 0 bridgehead atoms. The van der Waals surface area contributed by atoms with E-state index in [9.17, 15) is 8.78 Å². The monoisotopic (exact) mass is 352 g/mol. The van der Waals surface area contributed by atoms with E-state index in [4.69, 9.17) is 29.4 Å². The molecule has 0 radical (unpaired) electrons. The molecule has 0 spiro atoms. The van der Waals surface area contributed by atoms with Crippen molar-refractivity contribution in [3.8, 4) is 0 Å². The van der Waals surface area contributed by atoms with Crippen LogP contribution >= 0.6 is 13.4 Å². The standard InChI is InChI=1S/C4H10.C2H4F2.2H3O3PS/c1-3-4-2;1-2(3)4;2*1-4(2,3)5/h3-4H2,1-2H3;2H,1H3;2*(H3,1,2,3,5). The van der Waals surface area contributed by atoms with Crippen LogP contribution < -0.4 is 0 Å². The molecule has 0 fully saturated rings. The van der Waals surface area contributed by atoms with E-state index in [2.05, 4.69) is 37.5 Å². The quantitative estimate of drug-likeness (QED) is 0.392. The Labute approximate surface area is 115 Å². The van der Waals surface area contributed by atoms with Crippen LogP contribution in [0.4, 0.5) is 8.78 Å². The predicted octanol–water partition coefficient (Wildman–Crippen LogP) is 1.45. The van der Waals surface area contributed by atoms with Gasteiger partial charge in [-0.1, -0.05) is 26.7 Å². The molecule has 0 heterocycles. The van der Waals surface area contributed by atoms with Gasteiger partial charge in [0.05, 0.1) is 0 Å². The van der Waals surface area contributed by atoms with Gasteiger partial charge in [-0.05, 0) is 30.5 Å². The minimum Gasteiger partial charge on any atom is -0.325 e. The van der Waals surface area contributed by atoms with Crippen molar-refractivity contribution in [3.05, 3.63) is 0 Å². The van der Waals surface area contributed by atoms with E-state index in [-0.39, 0.29) is 0 Å². The molecule has 0 unspecified atom stereocenters. The van der Waals surface area contributed by atoms with Gasteiger partial charge in [-0.15, -0.1) is 0 Å². The number of alkyl halides is 2. The zero-order valence-corrected chi connectivity index (χ0v) is 13.6. The first kappa shape index (κ1) is 27.3. The van der Waals surface area contributed by atoms with E-state index in [1.165, 1.54) is 12.8 Å². The summed E-state index contributed by atoms with van der Waals surface area (Å²) < 4.78 is 20.7. The van der Waals surface area contributed by atoms with E-state index in [0.717, 1.165) is 6.92 Å². The molecule has 0 saturated carbocycles. The molecular weight excluding hydrogens is 332 g/mol. The largest absolute Gasteiger partial charge is 0.325 e. The van der Waals surface area contributed by atoms with Crippen LogP contribution in [0.1, 0.15) is 33.6 Å². The number of halogens is 2. The highest BCUT2D eigenvalue weighted by molar-refractivity contribution is 8.06. The van der Waals surface area contributed by atoms with Crippen LogP contribution in [0.15, 0.2) is 0 Å². The summed E-state index contributed by atoms with van der Waals surface area (Å²) in [5, 5.41) is 0. The summed E-state index contributed by atoms with van der Waals surface area (Å²) in [5.74, 6) is 0. The Morgan fingerprint density at radius 3 is 0.889 bits per heavy atom. The zero-order chi connectivity index (χ0) is 16.0. The van der Waals surface area contributed by atoms with Crippen LogP contribution in [0.3, 0.4) is 0 Å². The van der Waals surface area contributed by atoms with E-state index in [1.807, 2.05) is 0 Å². The summed E-state index contributed by atoms with van der Waals surface area (Å²) in [7, 11) is 0. The fraction of sp³-hybridized carbons (Fsp3) is 1.00. The normalized spacial score (nSPS) is 10.2. The molecule has 12 heteroatoms. The third-order valence-corrected chi connectivity index (χ3v) is 0.500. The lowest BCUT2D eigenvalue weighted by Gasteiger charge is -1.88. The van der Waals surface area contributed by atoms with Crippen molar-refractivity contribution in [1.29, 1.82) is 0 Å². The van der Waals surface area contributed by atoms with E-state index in [0.29, 0.717) is 0 Å². The first-order valence-corrected chi connectivity index (χ1v) is 9.81. The van der Waals surface area contributed by atoms with Gasteiger partial charge in [-0.2, -0.15) is 0 Å². The summed E-state index contributed by atoms with van der Waals surface area (Å²) in [6, 6.07) is 0. The van der Waals surface area contributed by atoms with E-state index in [1.54, 1.807) is 0 Å². The predicted molar refractivity (Wildman–Crippen MR) is 74.1 cm³/mol. The van der Waals surface area contributed by atoms with Gasteiger partial charge in [0.15, 0.2) is 0 Å². The molecule has 6 nitrogen and oxygen atoms in total. The molecule has 0 atom stereocenters. The Morgan fingerprint density at radius 2 is 0.889 bits per heavy atom. The third kappa shape index (κ3) is 1160. The minimum atomic E-state index is -3.81. The smallest absolute Gasteiger partial charge is 0.319 e. The topological polar surface area (TPSA) is 121 Å². The molecule has 0 amide bonds. The van der Waals surface area contributed by atoms with Gasteiger partial charge in [0, 0.05) is 0 Å². The van der Waals surface area contributed by atoms with Gasteiger partial charge in [0.1, 0.15) is 0 Å². The minimum absolute atomic E-state index is 0.833. The van der Waals surface area contributed by atoms with Crippen molar-refractivity contribution in [2.45, 2.75) is 40.0 Å². The second-order valence-corrected chi connectivity index (χ2v) is 7.54. The second-order valence-electron chi connectivity index (χ2n) is 2.55. The van der Waals surface area contributed by atoms with Crippen LogP contribution in [0.2, 0.25) is 0 Å². The number of hydrogen-bond donors (Lipinski definition) is 6. The van der Waals surface area contributed by atoms with Gasteiger partial charge in [-0.25, -0.2) is 8.78 Å². The highest BCUT2D eigenvalue weighted by Crippen LogP contribution is 2.26. The molecule has 0 aliphatic carbocycles. The first-order chi connectivity index (χ1) is 7.65. The van der Waals surface area contributed by atoms with Gasteiger partial charge in [0.2, 0.25) is 6.43 Å². The molecule has 0 aromatic rings. The molecule has 6 N–H and O–H groups in total. The highest BCUT2D eigenvalue weighted by atomic mass is 32.5. The maximum atomic E-state index is 10.3. The number of unbranched alkanes of at least 4 members (excludes halogenated alkanes) is 1. The summed E-state index contributed by atoms with van der Waals surface area (Å²) in [5.41, 5.74) is 0. The average Bonchev–Trinajstić information content (AvgIpc) is 1.96. The van der Waals surface area contributed by atoms with Crippen molar-refractivity contribution >= 4 is 37.1 Å². The average molecular weight is 352 g/mol. The Morgan fingerprint density at radius 1 is 0.833 bits per heavy atom. The van der Waals surface area contributed by atoms with Gasteiger partial charge in [-0.3, -0.25) is 0 Å². The van der Waals surface area contributed by atoms with Crippen LogP contribution in [-0.2, 0) is 23.6 Å². The summed E-state index contributed by atoms with van der Waals surface area (Å²) in [6.45, 7) is -2.42. The Kier molecular flexibility index (Phi) is 24.2. The number of rotatable bonds is 1. The molecule has 0 aliphatic rings. The maximum absolute atomic E-state index is 10.3.